The second-order valence-corrected chi connectivity index (χ2v) is 6.09. The van der Waals surface area contributed by atoms with Crippen molar-refractivity contribution in [2.24, 2.45) is 0 Å². The zero-order valence-electron chi connectivity index (χ0n) is 15.5. The van der Waals surface area contributed by atoms with Gasteiger partial charge in [0.2, 0.25) is 11.9 Å². The first-order chi connectivity index (χ1) is 13.5. The number of nitrogens with one attached hydrogen (secondary N) is 1. The predicted octanol–water partition coefficient (Wildman–Crippen LogP) is 3.56. The summed E-state index contributed by atoms with van der Waals surface area (Å²) in [6, 6.07) is 12.4. The molecular formula is C19H20N6O3. The van der Waals surface area contributed by atoms with Crippen LogP contribution in [0, 0.1) is 17.0 Å². The topological polar surface area (TPSA) is 129 Å². The van der Waals surface area contributed by atoms with E-state index < -0.39 is 4.92 Å². The molecule has 0 amide bonds. The Morgan fingerprint density at radius 2 is 1.96 bits per heavy atom. The molecular weight excluding hydrogens is 360 g/mol. The number of nitro groups is 1. The lowest BCUT2D eigenvalue weighted by Crippen LogP contribution is -2.10. The van der Waals surface area contributed by atoms with Crippen LogP contribution in [0.15, 0.2) is 42.5 Å². The van der Waals surface area contributed by atoms with Gasteiger partial charge in [-0.1, -0.05) is 31.2 Å². The number of aryl methyl sites for hydroxylation is 2. The van der Waals surface area contributed by atoms with E-state index >= 15 is 0 Å². The molecule has 3 aromatic rings. The molecule has 9 heteroatoms. The van der Waals surface area contributed by atoms with Gasteiger partial charge in [-0.05, 0) is 36.6 Å². The highest BCUT2D eigenvalue weighted by molar-refractivity contribution is 5.58. The molecule has 0 atom stereocenters. The summed E-state index contributed by atoms with van der Waals surface area (Å²) in [7, 11) is 0. The van der Waals surface area contributed by atoms with Crippen LogP contribution in [0.1, 0.15) is 23.9 Å². The molecule has 0 saturated carbocycles. The summed E-state index contributed by atoms with van der Waals surface area (Å²) >= 11 is 0. The van der Waals surface area contributed by atoms with Gasteiger partial charge in [-0.15, -0.1) is 0 Å². The van der Waals surface area contributed by atoms with Gasteiger partial charge in [0.05, 0.1) is 4.92 Å². The summed E-state index contributed by atoms with van der Waals surface area (Å²) in [5, 5.41) is 14.3. The summed E-state index contributed by atoms with van der Waals surface area (Å²) in [6.45, 7) is 3.79. The van der Waals surface area contributed by atoms with Gasteiger partial charge in [-0.2, -0.15) is 15.0 Å². The van der Waals surface area contributed by atoms with Gasteiger partial charge < -0.3 is 15.8 Å². The van der Waals surface area contributed by atoms with Crippen LogP contribution in [0.4, 0.5) is 23.3 Å². The van der Waals surface area contributed by atoms with Crippen molar-refractivity contribution in [3.63, 3.8) is 0 Å². The number of anilines is 3. The Balaban J connectivity index is 1.81. The first kappa shape index (κ1) is 19.0. The Bertz CT molecular complexity index is 1010. The molecule has 144 valence electrons. The predicted molar refractivity (Wildman–Crippen MR) is 106 cm³/mol. The third kappa shape index (κ3) is 4.50. The highest BCUT2D eigenvalue weighted by Gasteiger charge is 2.16. The van der Waals surface area contributed by atoms with Crippen molar-refractivity contribution >= 4 is 23.3 Å². The number of nitrogens with zero attached hydrogens (tertiary/aromatic N) is 4. The van der Waals surface area contributed by atoms with Crippen LogP contribution in [0.3, 0.4) is 0 Å². The maximum absolute atomic E-state index is 11.2. The van der Waals surface area contributed by atoms with E-state index in [4.69, 9.17) is 10.5 Å². The number of hydrogen-bond donors (Lipinski definition) is 2. The molecule has 0 unspecified atom stereocenters. The second-order valence-electron chi connectivity index (χ2n) is 6.09. The average Bonchev–Trinajstić information content (AvgIpc) is 2.66. The molecule has 0 aliphatic heterocycles. The molecule has 0 radical (unpaired) electrons. The van der Waals surface area contributed by atoms with E-state index in [2.05, 4.69) is 27.2 Å². The molecule has 0 aliphatic rings. The third-order valence-corrected chi connectivity index (χ3v) is 4.01. The first-order valence-corrected chi connectivity index (χ1v) is 8.69. The molecule has 28 heavy (non-hydrogen) atoms. The molecule has 0 fully saturated rings. The highest BCUT2D eigenvalue weighted by Crippen LogP contribution is 2.28. The number of hydrogen-bond acceptors (Lipinski definition) is 8. The van der Waals surface area contributed by atoms with Crippen LogP contribution >= 0.6 is 0 Å². The second kappa shape index (κ2) is 8.30. The van der Waals surface area contributed by atoms with Gasteiger partial charge in [0.1, 0.15) is 6.61 Å². The standard InChI is InChI=1S/C19H20N6O3/c1-3-13-6-4-5-7-14(13)21-19-23-17(22-18(20)24-19)11-28-16-10-12(2)8-9-15(16)25(26)27/h4-10H,3,11H2,1-2H3,(H3,20,21,22,23,24). The van der Waals surface area contributed by atoms with Gasteiger partial charge in [0.15, 0.2) is 11.6 Å². The normalized spacial score (nSPS) is 10.5. The Morgan fingerprint density at radius 1 is 1.18 bits per heavy atom. The number of nitrogens with two attached hydrogens (primary N) is 1. The fourth-order valence-electron chi connectivity index (χ4n) is 2.66. The molecule has 3 rings (SSSR count). The van der Waals surface area contributed by atoms with Crippen molar-refractivity contribution in [3.05, 3.63) is 69.5 Å². The Morgan fingerprint density at radius 3 is 2.71 bits per heavy atom. The van der Waals surface area contributed by atoms with Crippen molar-refractivity contribution in [2.45, 2.75) is 26.9 Å². The molecule has 0 spiro atoms. The quantitative estimate of drug-likeness (QED) is 0.470. The molecule has 1 aromatic heterocycles. The molecule has 1 heterocycles. The molecule has 9 nitrogen and oxygen atoms in total. The number of nitro benzene ring substituents is 1. The van der Waals surface area contributed by atoms with Gasteiger partial charge >= 0.3 is 5.69 Å². The summed E-state index contributed by atoms with van der Waals surface area (Å²) in [5.41, 5.74) is 8.49. The Hall–Kier alpha value is -3.75. The van der Waals surface area contributed by atoms with Crippen LogP contribution in [0.5, 0.6) is 5.75 Å². The summed E-state index contributed by atoms with van der Waals surface area (Å²) in [4.78, 5) is 23.1. The van der Waals surface area contributed by atoms with Crippen molar-refractivity contribution in [2.75, 3.05) is 11.1 Å². The van der Waals surface area contributed by atoms with E-state index in [-0.39, 0.29) is 35.8 Å². The SMILES string of the molecule is CCc1ccccc1Nc1nc(N)nc(COc2cc(C)ccc2[N+](=O)[O-])n1. The number of rotatable bonds is 7. The first-order valence-electron chi connectivity index (χ1n) is 8.69. The van der Waals surface area contributed by atoms with Gasteiger partial charge in [-0.25, -0.2) is 0 Å². The van der Waals surface area contributed by atoms with E-state index in [1.807, 2.05) is 31.2 Å². The zero-order chi connectivity index (χ0) is 20.1. The van der Waals surface area contributed by atoms with Crippen molar-refractivity contribution in [1.82, 2.24) is 15.0 Å². The fourth-order valence-corrected chi connectivity index (χ4v) is 2.66. The van der Waals surface area contributed by atoms with E-state index in [1.54, 1.807) is 12.1 Å². The monoisotopic (exact) mass is 380 g/mol. The number of para-hydroxylation sites is 1. The summed E-state index contributed by atoms with van der Waals surface area (Å²) in [5.74, 6) is 0.726. The zero-order valence-corrected chi connectivity index (χ0v) is 15.5. The largest absolute Gasteiger partial charge is 0.479 e. The van der Waals surface area contributed by atoms with Gasteiger partial charge in [-0.3, -0.25) is 10.1 Å². The average molecular weight is 380 g/mol. The fraction of sp³-hybridized carbons (Fsp3) is 0.211. The van der Waals surface area contributed by atoms with E-state index in [0.29, 0.717) is 0 Å². The van der Waals surface area contributed by atoms with Crippen LogP contribution in [0.25, 0.3) is 0 Å². The lowest BCUT2D eigenvalue weighted by atomic mass is 10.1. The van der Waals surface area contributed by atoms with Gasteiger partial charge in [0, 0.05) is 11.8 Å². The third-order valence-electron chi connectivity index (χ3n) is 4.01. The molecule has 0 bridgehead atoms. The minimum absolute atomic E-state index is 0.0313. The van der Waals surface area contributed by atoms with Crippen LogP contribution in [-0.4, -0.2) is 19.9 Å². The smallest absolute Gasteiger partial charge is 0.310 e. The minimum atomic E-state index is -0.495. The maximum atomic E-state index is 11.2. The van der Waals surface area contributed by atoms with Crippen molar-refractivity contribution in [1.29, 1.82) is 0 Å². The van der Waals surface area contributed by atoms with Gasteiger partial charge in [0.25, 0.3) is 0 Å². The summed E-state index contributed by atoms with van der Waals surface area (Å²) in [6.07, 6.45) is 0.844. The summed E-state index contributed by atoms with van der Waals surface area (Å²) < 4.78 is 5.59. The lowest BCUT2D eigenvalue weighted by molar-refractivity contribution is -0.386. The van der Waals surface area contributed by atoms with E-state index in [9.17, 15) is 10.1 Å². The van der Waals surface area contributed by atoms with Crippen molar-refractivity contribution < 1.29 is 9.66 Å². The number of benzene rings is 2. The lowest BCUT2D eigenvalue weighted by Gasteiger charge is -2.11. The van der Waals surface area contributed by atoms with Crippen LogP contribution < -0.4 is 15.8 Å². The number of aromatic nitrogens is 3. The Kier molecular flexibility index (Phi) is 5.64. The van der Waals surface area contributed by atoms with Crippen molar-refractivity contribution in [3.8, 4) is 5.75 Å². The molecule has 2 aromatic carbocycles. The van der Waals surface area contributed by atoms with E-state index in [1.165, 1.54) is 6.07 Å². The van der Waals surface area contributed by atoms with E-state index in [0.717, 1.165) is 23.2 Å². The molecule has 0 saturated heterocycles. The molecule has 0 aliphatic carbocycles. The maximum Gasteiger partial charge on any atom is 0.310 e. The van der Waals surface area contributed by atoms with Crippen LogP contribution in [-0.2, 0) is 13.0 Å². The highest BCUT2D eigenvalue weighted by atomic mass is 16.6. The number of nitrogen functional groups attached to an aromatic ring is 1. The Labute approximate surface area is 161 Å². The molecule has 3 N–H and O–H groups in total. The number of ether oxygens (including phenoxy) is 1. The minimum Gasteiger partial charge on any atom is -0.479 e. The van der Waals surface area contributed by atoms with Crippen LogP contribution in [0.2, 0.25) is 0 Å².